The molecule has 1 fully saturated rings. The number of piperazine rings is 1. The Morgan fingerprint density at radius 3 is 2.93 bits per heavy atom. The molecule has 1 atom stereocenters. The second kappa shape index (κ2) is 7.21. The largest absolute Gasteiger partial charge is 0.369 e. The minimum atomic E-state index is 0.476. The number of aromatic nitrogens is 3. The molecule has 2 aromatic heterocycles. The Morgan fingerprint density at radius 2 is 2.10 bits per heavy atom. The Morgan fingerprint density at radius 1 is 1.21 bits per heavy atom. The molecular formula is C22H23ClN6. The summed E-state index contributed by atoms with van der Waals surface area (Å²) in [5.74, 6) is 0.747. The van der Waals surface area contributed by atoms with Crippen molar-refractivity contribution in [2.75, 3.05) is 29.9 Å². The molecule has 148 valence electrons. The van der Waals surface area contributed by atoms with Crippen molar-refractivity contribution in [3.8, 4) is 0 Å². The summed E-state index contributed by atoms with van der Waals surface area (Å²) in [7, 11) is 0. The summed E-state index contributed by atoms with van der Waals surface area (Å²) in [4.78, 5) is 11.7. The zero-order valence-corrected chi connectivity index (χ0v) is 17.2. The van der Waals surface area contributed by atoms with Crippen molar-refractivity contribution < 1.29 is 0 Å². The van der Waals surface area contributed by atoms with E-state index in [0.717, 1.165) is 53.3 Å². The van der Waals surface area contributed by atoms with Crippen LogP contribution in [0.3, 0.4) is 0 Å². The van der Waals surface area contributed by atoms with Crippen molar-refractivity contribution in [2.24, 2.45) is 0 Å². The molecule has 1 saturated heterocycles. The van der Waals surface area contributed by atoms with E-state index >= 15 is 0 Å². The van der Waals surface area contributed by atoms with Gasteiger partial charge < -0.3 is 15.5 Å². The van der Waals surface area contributed by atoms with Crippen LogP contribution < -0.4 is 15.5 Å². The number of aryl methyl sites for hydroxylation is 1. The lowest BCUT2D eigenvalue weighted by Crippen LogP contribution is -2.49. The van der Waals surface area contributed by atoms with Gasteiger partial charge in [-0.15, -0.1) is 0 Å². The molecule has 1 aliphatic heterocycles. The number of anilines is 3. The minimum absolute atomic E-state index is 0.476. The number of nitrogens with one attached hydrogen (secondary N) is 2. The molecule has 1 aliphatic rings. The number of benzene rings is 2. The van der Waals surface area contributed by atoms with Gasteiger partial charge in [0.15, 0.2) is 5.82 Å². The maximum absolute atomic E-state index is 6.44. The summed E-state index contributed by atoms with van der Waals surface area (Å²) < 4.78 is 2.07. The summed E-state index contributed by atoms with van der Waals surface area (Å²) in [6.45, 7) is 7.22. The van der Waals surface area contributed by atoms with Crippen LogP contribution in [-0.2, 0) is 0 Å². The summed E-state index contributed by atoms with van der Waals surface area (Å²) >= 11 is 6.44. The molecule has 2 N–H and O–H groups in total. The van der Waals surface area contributed by atoms with Crippen LogP contribution in [0.5, 0.6) is 0 Å². The zero-order valence-electron chi connectivity index (χ0n) is 16.5. The molecule has 2 aromatic carbocycles. The Balaban J connectivity index is 1.62. The van der Waals surface area contributed by atoms with Gasteiger partial charge >= 0.3 is 0 Å². The van der Waals surface area contributed by atoms with Gasteiger partial charge in [-0.3, -0.25) is 4.40 Å². The molecule has 7 heteroatoms. The van der Waals surface area contributed by atoms with Crippen molar-refractivity contribution in [3.63, 3.8) is 0 Å². The smallest absolute Gasteiger partial charge is 0.157 e. The van der Waals surface area contributed by atoms with E-state index in [2.05, 4.69) is 50.0 Å². The molecule has 0 saturated carbocycles. The van der Waals surface area contributed by atoms with Crippen molar-refractivity contribution in [1.82, 2.24) is 19.7 Å². The van der Waals surface area contributed by atoms with Crippen molar-refractivity contribution >= 4 is 45.3 Å². The SMILES string of the molecule is Cc1cccc(Cl)c1Nc1nc2cc(N3CCN[C@@H](C)C3)ccc2n2cncc12. The third-order valence-corrected chi connectivity index (χ3v) is 5.85. The van der Waals surface area contributed by atoms with Crippen LogP contribution >= 0.6 is 11.6 Å². The molecule has 0 amide bonds. The monoisotopic (exact) mass is 406 g/mol. The highest BCUT2D eigenvalue weighted by molar-refractivity contribution is 6.33. The van der Waals surface area contributed by atoms with Crippen molar-refractivity contribution in [1.29, 1.82) is 0 Å². The van der Waals surface area contributed by atoms with E-state index in [4.69, 9.17) is 16.6 Å². The third-order valence-electron chi connectivity index (χ3n) is 5.53. The fraction of sp³-hybridized carbons (Fsp3) is 0.273. The summed E-state index contributed by atoms with van der Waals surface area (Å²) in [6.07, 6.45) is 3.66. The number of imidazole rings is 1. The van der Waals surface area contributed by atoms with Gasteiger partial charge in [-0.2, -0.15) is 0 Å². The van der Waals surface area contributed by atoms with Crippen LogP contribution in [0.4, 0.5) is 17.2 Å². The first-order chi connectivity index (χ1) is 14.1. The molecule has 3 heterocycles. The standard InChI is InChI=1S/C22H23ClN6/c1-14-4-3-5-17(23)21(14)27-22-20-11-24-13-29(20)19-7-6-16(10-18(19)26-22)28-9-8-25-15(2)12-28/h3-7,10-11,13,15,25H,8-9,12H2,1-2H3,(H,26,27)/t15-/m0/s1. The molecule has 0 spiro atoms. The lowest BCUT2D eigenvalue weighted by molar-refractivity contribution is 0.485. The van der Waals surface area contributed by atoms with Crippen LogP contribution in [0.15, 0.2) is 48.9 Å². The highest BCUT2D eigenvalue weighted by Crippen LogP contribution is 2.32. The average molecular weight is 407 g/mol. The van der Waals surface area contributed by atoms with E-state index < -0.39 is 0 Å². The van der Waals surface area contributed by atoms with E-state index in [9.17, 15) is 0 Å². The lowest BCUT2D eigenvalue weighted by Gasteiger charge is -2.33. The second-order valence-electron chi connectivity index (χ2n) is 7.64. The quantitative estimate of drug-likeness (QED) is 0.528. The van der Waals surface area contributed by atoms with Gasteiger partial charge in [-0.1, -0.05) is 23.7 Å². The maximum Gasteiger partial charge on any atom is 0.157 e. The van der Waals surface area contributed by atoms with Gasteiger partial charge in [0.05, 0.1) is 34.3 Å². The maximum atomic E-state index is 6.44. The number of hydrogen-bond donors (Lipinski definition) is 2. The fourth-order valence-electron chi connectivity index (χ4n) is 4.01. The fourth-order valence-corrected chi connectivity index (χ4v) is 4.28. The van der Waals surface area contributed by atoms with Gasteiger partial charge in [0.2, 0.25) is 0 Å². The molecular weight excluding hydrogens is 384 g/mol. The number of hydrogen-bond acceptors (Lipinski definition) is 5. The van der Waals surface area contributed by atoms with Crippen LogP contribution in [0, 0.1) is 6.92 Å². The number of rotatable bonds is 3. The number of halogens is 1. The van der Waals surface area contributed by atoms with Crippen molar-refractivity contribution in [2.45, 2.75) is 19.9 Å². The van der Waals surface area contributed by atoms with Gasteiger partial charge in [0.1, 0.15) is 5.52 Å². The lowest BCUT2D eigenvalue weighted by atomic mass is 10.2. The minimum Gasteiger partial charge on any atom is -0.369 e. The molecule has 6 nitrogen and oxygen atoms in total. The Kier molecular flexibility index (Phi) is 4.53. The molecule has 0 unspecified atom stereocenters. The molecule has 29 heavy (non-hydrogen) atoms. The highest BCUT2D eigenvalue weighted by atomic mass is 35.5. The molecule has 4 aromatic rings. The first-order valence-corrected chi connectivity index (χ1v) is 10.2. The topological polar surface area (TPSA) is 57.5 Å². The van der Waals surface area contributed by atoms with E-state index in [1.54, 1.807) is 0 Å². The normalized spacial score (nSPS) is 17.2. The highest BCUT2D eigenvalue weighted by Gasteiger charge is 2.18. The average Bonchev–Trinajstić information content (AvgIpc) is 3.21. The van der Waals surface area contributed by atoms with Gasteiger partial charge in [-0.25, -0.2) is 9.97 Å². The Bertz CT molecular complexity index is 1180. The molecule has 0 radical (unpaired) electrons. The van der Waals surface area contributed by atoms with Gasteiger partial charge in [0, 0.05) is 31.4 Å². The zero-order chi connectivity index (χ0) is 20.0. The summed E-state index contributed by atoms with van der Waals surface area (Å²) in [5, 5.41) is 7.61. The van der Waals surface area contributed by atoms with Crippen LogP contribution in [0.25, 0.3) is 16.6 Å². The van der Waals surface area contributed by atoms with E-state index in [1.165, 1.54) is 5.69 Å². The molecule has 5 rings (SSSR count). The van der Waals surface area contributed by atoms with E-state index in [0.29, 0.717) is 11.1 Å². The van der Waals surface area contributed by atoms with Crippen LogP contribution in [0.1, 0.15) is 12.5 Å². The van der Waals surface area contributed by atoms with E-state index in [1.807, 2.05) is 37.6 Å². The predicted molar refractivity (Wildman–Crippen MR) is 120 cm³/mol. The van der Waals surface area contributed by atoms with Gasteiger partial charge in [-0.05, 0) is 43.7 Å². The third kappa shape index (κ3) is 3.28. The Hall–Kier alpha value is -2.83. The van der Waals surface area contributed by atoms with Crippen LogP contribution in [0.2, 0.25) is 5.02 Å². The van der Waals surface area contributed by atoms with Crippen LogP contribution in [-0.4, -0.2) is 40.0 Å². The number of fused-ring (bicyclic) bond motifs is 3. The van der Waals surface area contributed by atoms with E-state index in [-0.39, 0.29) is 0 Å². The first-order valence-electron chi connectivity index (χ1n) is 9.86. The summed E-state index contributed by atoms with van der Waals surface area (Å²) in [5.41, 5.74) is 6.01. The second-order valence-corrected chi connectivity index (χ2v) is 8.05. The van der Waals surface area contributed by atoms with Gasteiger partial charge in [0.25, 0.3) is 0 Å². The van der Waals surface area contributed by atoms with Crippen molar-refractivity contribution in [3.05, 3.63) is 59.5 Å². The number of nitrogens with zero attached hydrogens (tertiary/aromatic N) is 4. The molecule has 0 aliphatic carbocycles. The number of para-hydroxylation sites is 1. The molecule has 0 bridgehead atoms. The first kappa shape index (κ1) is 18.2. The predicted octanol–water partition coefficient (Wildman–Crippen LogP) is 4.39. The summed E-state index contributed by atoms with van der Waals surface area (Å²) in [6, 6.07) is 12.8. The Labute approximate surface area is 174 Å².